The van der Waals surface area contributed by atoms with Gasteiger partial charge in [-0.05, 0) is 56.6 Å². The zero-order valence-corrected chi connectivity index (χ0v) is 12.7. The van der Waals surface area contributed by atoms with Crippen LogP contribution in [0, 0.1) is 18.8 Å². The molecule has 3 rings (SSSR count). The number of aryl methyl sites for hydroxylation is 1. The number of fused-ring (bicyclic) bond motifs is 1. The first-order chi connectivity index (χ1) is 10.0. The molecule has 0 unspecified atom stereocenters. The van der Waals surface area contributed by atoms with E-state index in [4.69, 9.17) is 16.7 Å². The van der Waals surface area contributed by atoms with E-state index in [1.807, 2.05) is 19.2 Å². The van der Waals surface area contributed by atoms with Crippen molar-refractivity contribution < 1.29 is 9.90 Å². The average molecular weight is 308 g/mol. The summed E-state index contributed by atoms with van der Waals surface area (Å²) < 4.78 is 1.73. The van der Waals surface area contributed by atoms with Gasteiger partial charge in [0, 0.05) is 6.20 Å². The number of rotatable bonds is 3. The highest BCUT2D eigenvalue weighted by Crippen LogP contribution is 2.31. The van der Waals surface area contributed by atoms with Crippen LogP contribution in [0.15, 0.2) is 12.3 Å². The fourth-order valence-corrected chi connectivity index (χ4v) is 3.43. The lowest BCUT2D eigenvalue weighted by molar-refractivity contribution is -0.143. The summed E-state index contributed by atoms with van der Waals surface area (Å²) >= 11 is 6.26. The SMILES string of the molecule is Cc1nc2c(Cl)cc(CC3CCC(C(=O)O)CC3)cn2n1. The largest absolute Gasteiger partial charge is 0.481 e. The molecule has 1 N–H and O–H groups in total. The van der Waals surface area contributed by atoms with E-state index >= 15 is 0 Å². The second-order valence-electron chi connectivity index (χ2n) is 5.88. The van der Waals surface area contributed by atoms with Gasteiger partial charge in [-0.25, -0.2) is 9.50 Å². The van der Waals surface area contributed by atoms with Gasteiger partial charge in [0.05, 0.1) is 10.9 Å². The van der Waals surface area contributed by atoms with Crippen LogP contribution >= 0.6 is 11.6 Å². The Hall–Kier alpha value is -1.62. The molecular weight excluding hydrogens is 290 g/mol. The molecule has 2 aromatic heterocycles. The molecule has 6 heteroatoms. The first-order valence-electron chi connectivity index (χ1n) is 7.27. The van der Waals surface area contributed by atoms with Crippen molar-refractivity contribution in [3.8, 4) is 0 Å². The number of carboxylic acid groups (broad SMARTS) is 1. The second-order valence-corrected chi connectivity index (χ2v) is 6.29. The summed E-state index contributed by atoms with van der Waals surface area (Å²) in [6.45, 7) is 1.84. The Bertz CT molecular complexity index is 675. The molecule has 1 aliphatic rings. The third-order valence-electron chi connectivity index (χ3n) is 4.27. The van der Waals surface area contributed by atoms with Gasteiger partial charge < -0.3 is 5.11 Å². The van der Waals surface area contributed by atoms with Crippen LogP contribution in [0.2, 0.25) is 5.02 Å². The number of hydrogen-bond acceptors (Lipinski definition) is 3. The fourth-order valence-electron chi connectivity index (χ4n) is 3.16. The number of nitrogens with zero attached hydrogens (tertiary/aromatic N) is 3. The molecule has 0 spiro atoms. The number of pyridine rings is 1. The lowest BCUT2D eigenvalue weighted by Gasteiger charge is -2.26. The topological polar surface area (TPSA) is 67.5 Å². The van der Waals surface area contributed by atoms with E-state index in [-0.39, 0.29) is 5.92 Å². The Kier molecular flexibility index (Phi) is 3.85. The predicted molar refractivity (Wildman–Crippen MR) is 79.5 cm³/mol. The van der Waals surface area contributed by atoms with Crippen molar-refractivity contribution in [3.63, 3.8) is 0 Å². The molecule has 0 atom stereocenters. The summed E-state index contributed by atoms with van der Waals surface area (Å²) in [5, 5.41) is 14.0. The van der Waals surface area contributed by atoms with Crippen molar-refractivity contribution in [1.29, 1.82) is 0 Å². The van der Waals surface area contributed by atoms with Crippen LogP contribution in [0.1, 0.15) is 37.1 Å². The molecular formula is C15H18ClN3O2. The standard InChI is InChI=1S/C15H18ClN3O2/c1-9-17-14-13(16)7-11(8-19(14)18-9)6-10-2-4-12(5-3-10)15(20)21/h7-8,10,12H,2-6H2,1H3,(H,20,21). The lowest BCUT2D eigenvalue weighted by atomic mass is 9.79. The molecule has 0 aromatic carbocycles. The minimum atomic E-state index is -0.656. The van der Waals surface area contributed by atoms with E-state index in [0.717, 1.165) is 37.7 Å². The molecule has 0 bridgehead atoms. The van der Waals surface area contributed by atoms with Crippen LogP contribution in [-0.2, 0) is 11.2 Å². The number of carbonyl (C=O) groups is 1. The van der Waals surface area contributed by atoms with Crippen molar-refractivity contribution in [3.05, 3.63) is 28.7 Å². The molecule has 0 aliphatic heterocycles. The summed E-state index contributed by atoms with van der Waals surface area (Å²) in [6.07, 6.45) is 6.37. The molecule has 5 nitrogen and oxygen atoms in total. The van der Waals surface area contributed by atoms with Gasteiger partial charge in [0.2, 0.25) is 0 Å². The fraction of sp³-hybridized carbons (Fsp3) is 0.533. The summed E-state index contributed by atoms with van der Waals surface area (Å²) in [4.78, 5) is 15.3. The van der Waals surface area contributed by atoms with Crippen molar-refractivity contribution >= 4 is 23.2 Å². The van der Waals surface area contributed by atoms with Crippen LogP contribution in [-0.4, -0.2) is 25.7 Å². The molecule has 0 saturated heterocycles. The minimum absolute atomic E-state index is 0.162. The van der Waals surface area contributed by atoms with Crippen molar-refractivity contribution in [1.82, 2.24) is 14.6 Å². The number of aliphatic carboxylic acids is 1. The summed E-state index contributed by atoms with van der Waals surface area (Å²) in [5.74, 6) is 0.413. The molecule has 1 aliphatic carbocycles. The number of carboxylic acids is 1. The van der Waals surface area contributed by atoms with E-state index in [1.54, 1.807) is 4.52 Å². The highest BCUT2D eigenvalue weighted by atomic mass is 35.5. The maximum absolute atomic E-state index is 11.0. The van der Waals surface area contributed by atoms with Crippen LogP contribution in [0.3, 0.4) is 0 Å². The van der Waals surface area contributed by atoms with Gasteiger partial charge in [-0.1, -0.05) is 11.6 Å². The molecule has 1 saturated carbocycles. The van der Waals surface area contributed by atoms with E-state index in [1.165, 1.54) is 0 Å². The van der Waals surface area contributed by atoms with Crippen molar-refractivity contribution in [2.45, 2.75) is 39.0 Å². The van der Waals surface area contributed by atoms with Gasteiger partial charge in [0.15, 0.2) is 5.65 Å². The molecule has 2 heterocycles. The first-order valence-corrected chi connectivity index (χ1v) is 7.65. The second kappa shape index (κ2) is 5.64. The zero-order valence-electron chi connectivity index (χ0n) is 11.9. The molecule has 21 heavy (non-hydrogen) atoms. The normalized spacial score (nSPS) is 22.6. The van der Waals surface area contributed by atoms with E-state index in [9.17, 15) is 4.79 Å². The molecule has 0 radical (unpaired) electrons. The van der Waals surface area contributed by atoms with Crippen LogP contribution in [0.4, 0.5) is 0 Å². The van der Waals surface area contributed by atoms with Gasteiger partial charge in [-0.15, -0.1) is 0 Å². The predicted octanol–water partition coefficient (Wildman–Crippen LogP) is 3.12. The maximum Gasteiger partial charge on any atom is 0.306 e. The maximum atomic E-state index is 11.0. The van der Waals surface area contributed by atoms with Gasteiger partial charge in [-0.3, -0.25) is 4.79 Å². The number of hydrogen-bond donors (Lipinski definition) is 1. The Morgan fingerprint density at radius 3 is 2.81 bits per heavy atom. The van der Waals surface area contributed by atoms with Gasteiger partial charge >= 0.3 is 5.97 Å². The van der Waals surface area contributed by atoms with Crippen molar-refractivity contribution in [2.24, 2.45) is 11.8 Å². The summed E-state index contributed by atoms with van der Waals surface area (Å²) in [5.41, 5.74) is 1.82. The molecule has 1 fully saturated rings. The third-order valence-corrected chi connectivity index (χ3v) is 4.55. The zero-order chi connectivity index (χ0) is 15.0. The molecule has 2 aromatic rings. The highest BCUT2D eigenvalue weighted by molar-refractivity contribution is 6.33. The quantitative estimate of drug-likeness (QED) is 0.946. The highest BCUT2D eigenvalue weighted by Gasteiger charge is 2.26. The Morgan fingerprint density at radius 1 is 1.43 bits per heavy atom. The van der Waals surface area contributed by atoms with Crippen molar-refractivity contribution in [2.75, 3.05) is 0 Å². The Morgan fingerprint density at radius 2 is 2.14 bits per heavy atom. The monoisotopic (exact) mass is 307 g/mol. The van der Waals surface area contributed by atoms with Gasteiger partial charge in [-0.2, -0.15) is 5.10 Å². The van der Waals surface area contributed by atoms with Crippen LogP contribution < -0.4 is 0 Å². The lowest BCUT2D eigenvalue weighted by Crippen LogP contribution is -2.22. The van der Waals surface area contributed by atoms with E-state index in [0.29, 0.717) is 22.4 Å². The average Bonchev–Trinajstić information content (AvgIpc) is 2.80. The van der Waals surface area contributed by atoms with Gasteiger partial charge in [0.1, 0.15) is 5.82 Å². The Balaban J connectivity index is 1.72. The number of halogens is 1. The van der Waals surface area contributed by atoms with E-state index < -0.39 is 5.97 Å². The summed E-state index contributed by atoms with van der Waals surface area (Å²) in [7, 11) is 0. The number of aromatic nitrogens is 3. The minimum Gasteiger partial charge on any atom is -0.481 e. The molecule has 0 amide bonds. The van der Waals surface area contributed by atoms with Gasteiger partial charge in [0.25, 0.3) is 0 Å². The molecule has 112 valence electrons. The van der Waals surface area contributed by atoms with Crippen LogP contribution in [0.5, 0.6) is 0 Å². The summed E-state index contributed by atoms with van der Waals surface area (Å²) in [6, 6.07) is 1.95. The van der Waals surface area contributed by atoms with Crippen LogP contribution in [0.25, 0.3) is 5.65 Å². The first kappa shape index (κ1) is 14.3. The smallest absolute Gasteiger partial charge is 0.306 e. The van der Waals surface area contributed by atoms with E-state index in [2.05, 4.69) is 10.1 Å². The third kappa shape index (κ3) is 3.02. The Labute approximate surface area is 127 Å².